The van der Waals surface area contributed by atoms with Crippen molar-refractivity contribution >= 4 is 91.2 Å². The molecule has 0 aliphatic heterocycles. The first kappa shape index (κ1) is 64.8. The quantitative estimate of drug-likeness (QED) is 0.0302. The lowest BCUT2D eigenvalue weighted by Crippen LogP contribution is -2.26. The van der Waals surface area contributed by atoms with Crippen LogP contribution in [0.1, 0.15) is 136 Å². The van der Waals surface area contributed by atoms with Crippen molar-refractivity contribution in [2.45, 2.75) is 143 Å². The van der Waals surface area contributed by atoms with Crippen LogP contribution in [0.5, 0.6) is 0 Å². The van der Waals surface area contributed by atoms with Gasteiger partial charge in [-0.15, -0.1) is 45.3 Å². The van der Waals surface area contributed by atoms with Crippen LogP contribution in [0.15, 0.2) is 205 Å². The highest BCUT2D eigenvalue weighted by molar-refractivity contribution is 7.25. The summed E-state index contributed by atoms with van der Waals surface area (Å²) in [5, 5.41) is 4.24. The third-order valence-corrected chi connectivity index (χ3v) is 21.2. The second-order valence-corrected chi connectivity index (χ2v) is 28.6. The number of ether oxygens (including phenoxy) is 2. The van der Waals surface area contributed by atoms with Crippen LogP contribution in [0.3, 0.4) is 0 Å². The van der Waals surface area contributed by atoms with Crippen LogP contribution in [-0.2, 0) is 31.9 Å². The molecule has 0 aliphatic rings. The highest BCUT2D eigenvalue weighted by atomic mass is 32.1. The van der Waals surface area contributed by atoms with Crippen molar-refractivity contribution in [1.29, 1.82) is 0 Å². The van der Waals surface area contributed by atoms with E-state index >= 15 is 0 Å². The highest BCUT2D eigenvalue weighted by Gasteiger charge is 2.27. The van der Waals surface area contributed by atoms with E-state index in [2.05, 4.69) is 256 Å². The third kappa shape index (κ3) is 17.8. The van der Waals surface area contributed by atoms with Gasteiger partial charge in [0.2, 0.25) is 0 Å². The van der Waals surface area contributed by atoms with Gasteiger partial charge in [-0.25, -0.2) is 0 Å². The van der Waals surface area contributed by atoms with E-state index < -0.39 is 0 Å². The number of hydrogen-bond donors (Lipinski definition) is 0. The standard InChI is InChI=1S/C79H86N2O4S4/c1-7-9-11-13-14-52-78(3,4)76(82)50-24-58-20-34-64(35-21-58)80(66-38-26-60(27-39-66)70-18-16-56-86-70)68-42-30-62(31-43-68)72-46-48-74(88-72)75-49-47-73(89-75)63-32-44-69(45-33-63)81(67-40-28-61(29-41-67)71-19-17-57-87-71)65-36-22-59(23-37-65)25-51-77(83)84-54-55-85-79(5,6)53-15-12-10-8-2/h16-23,26-49,56-57H,7-15,24-25,50-55H2,1-6H3. The summed E-state index contributed by atoms with van der Waals surface area (Å²) in [5.41, 5.74) is 12.9. The Balaban J connectivity index is 0.800. The molecule has 6 nitrogen and oxygen atoms in total. The van der Waals surface area contributed by atoms with Crippen molar-refractivity contribution in [2.24, 2.45) is 5.41 Å². The van der Waals surface area contributed by atoms with Gasteiger partial charge in [0, 0.05) is 81.6 Å². The molecule has 0 bridgehead atoms. The van der Waals surface area contributed by atoms with Crippen LogP contribution < -0.4 is 9.80 Å². The van der Waals surface area contributed by atoms with E-state index in [9.17, 15) is 9.59 Å². The zero-order valence-corrected chi connectivity index (χ0v) is 56.1. The maximum atomic E-state index is 13.5. The van der Waals surface area contributed by atoms with Crippen molar-refractivity contribution in [1.82, 2.24) is 0 Å². The summed E-state index contributed by atoms with van der Waals surface area (Å²) in [6.45, 7) is 13.7. The van der Waals surface area contributed by atoms with Crippen molar-refractivity contribution in [2.75, 3.05) is 23.0 Å². The molecular formula is C79H86N2O4S4. The van der Waals surface area contributed by atoms with Gasteiger partial charge >= 0.3 is 5.97 Å². The predicted octanol–water partition coefficient (Wildman–Crippen LogP) is 24.3. The number of rotatable bonds is 33. The molecule has 0 amide bonds. The lowest BCUT2D eigenvalue weighted by Gasteiger charge is -2.26. The summed E-state index contributed by atoms with van der Waals surface area (Å²) < 4.78 is 11.7. The van der Waals surface area contributed by atoms with E-state index in [0.717, 1.165) is 71.8 Å². The number of aryl methyl sites for hydroxylation is 2. The zero-order valence-electron chi connectivity index (χ0n) is 52.8. The summed E-state index contributed by atoms with van der Waals surface area (Å²) >= 11 is 7.15. The van der Waals surface area contributed by atoms with E-state index in [1.165, 1.54) is 102 Å². The molecule has 89 heavy (non-hydrogen) atoms. The Bertz CT molecular complexity index is 3750. The van der Waals surface area contributed by atoms with Gasteiger partial charge in [-0.05, 0) is 193 Å². The largest absolute Gasteiger partial charge is 0.463 e. The van der Waals surface area contributed by atoms with Crippen LogP contribution in [-0.4, -0.2) is 30.6 Å². The van der Waals surface area contributed by atoms with Gasteiger partial charge < -0.3 is 19.3 Å². The molecule has 0 spiro atoms. The molecule has 0 fully saturated rings. The van der Waals surface area contributed by atoms with Gasteiger partial charge in [-0.3, -0.25) is 9.59 Å². The number of nitrogens with zero attached hydrogens (tertiary/aromatic N) is 2. The molecule has 10 aromatic rings. The van der Waals surface area contributed by atoms with Crippen LogP contribution >= 0.6 is 45.3 Å². The monoisotopic (exact) mass is 1250 g/mol. The van der Waals surface area contributed by atoms with E-state index in [1.807, 2.05) is 22.7 Å². The molecule has 460 valence electrons. The molecule has 4 aromatic heterocycles. The van der Waals surface area contributed by atoms with Gasteiger partial charge in [0.15, 0.2) is 0 Å². The molecule has 10 rings (SSSR count). The number of carbonyl (C=O) groups is 2. The normalized spacial score (nSPS) is 11.7. The maximum absolute atomic E-state index is 13.5. The molecule has 0 saturated heterocycles. The highest BCUT2D eigenvalue weighted by Crippen LogP contribution is 2.44. The summed E-state index contributed by atoms with van der Waals surface area (Å²) in [5.74, 6) is 0.158. The first-order valence-corrected chi connectivity index (χ1v) is 35.5. The number of hydrogen-bond acceptors (Lipinski definition) is 10. The molecule has 4 heterocycles. The predicted molar refractivity (Wildman–Crippen MR) is 383 cm³/mol. The van der Waals surface area contributed by atoms with Crippen LogP contribution in [0.4, 0.5) is 34.1 Å². The van der Waals surface area contributed by atoms with Crippen molar-refractivity contribution in [3.05, 3.63) is 216 Å². The lowest BCUT2D eigenvalue weighted by molar-refractivity contribution is -0.147. The Kier molecular flexibility index (Phi) is 22.9. The van der Waals surface area contributed by atoms with Crippen LogP contribution in [0.2, 0.25) is 0 Å². The van der Waals surface area contributed by atoms with E-state index in [4.69, 9.17) is 9.47 Å². The molecule has 0 N–H and O–H groups in total. The molecule has 6 aromatic carbocycles. The molecular weight excluding hydrogens is 1170 g/mol. The maximum Gasteiger partial charge on any atom is 0.306 e. The molecule has 0 saturated carbocycles. The average molecular weight is 1260 g/mol. The van der Waals surface area contributed by atoms with E-state index in [1.54, 1.807) is 22.7 Å². The SMILES string of the molecule is CCCCCCCC(C)(C)C(=O)CCc1ccc(N(c2ccc(-c3cccs3)cc2)c2ccc(-c3ccc(-c4ccc(-c5ccc(N(c6ccc(CCC(=O)OCCOC(C)(C)CCCCCC)cc6)c6ccc(-c7cccs7)cc6)cc5)s4)s3)cc2)cc1. The topological polar surface area (TPSA) is 59.1 Å². The minimum atomic E-state index is -0.288. The fourth-order valence-corrected chi connectivity index (χ4v) is 15.1. The van der Waals surface area contributed by atoms with Crippen molar-refractivity contribution in [3.63, 3.8) is 0 Å². The van der Waals surface area contributed by atoms with Gasteiger partial charge in [0.1, 0.15) is 12.4 Å². The minimum absolute atomic E-state index is 0.203. The molecule has 0 aliphatic carbocycles. The summed E-state index contributed by atoms with van der Waals surface area (Å²) in [6, 6.07) is 70.4. The first-order chi connectivity index (χ1) is 43.3. The smallest absolute Gasteiger partial charge is 0.306 e. The van der Waals surface area contributed by atoms with Gasteiger partial charge in [0.05, 0.1) is 12.2 Å². The fraction of sp³-hybridized carbons (Fsp3) is 0.316. The number of anilines is 6. The van der Waals surface area contributed by atoms with Crippen LogP contribution in [0.25, 0.3) is 51.5 Å². The molecule has 0 radical (unpaired) electrons. The van der Waals surface area contributed by atoms with Gasteiger partial charge in [0.25, 0.3) is 0 Å². The number of unbranched alkanes of at least 4 members (excludes halogenated alkanes) is 7. The Morgan fingerprint density at radius 1 is 0.393 bits per heavy atom. The Hall–Kier alpha value is -7.18. The average Bonchev–Trinajstić information content (AvgIpc) is 3.65. The minimum Gasteiger partial charge on any atom is -0.463 e. The number of ketones is 1. The second kappa shape index (κ2) is 31.5. The second-order valence-electron chi connectivity index (χ2n) is 24.6. The van der Waals surface area contributed by atoms with Gasteiger partial charge in [-0.2, -0.15) is 0 Å². The van der Waals surface area contributed by atoms with Crippen LogP contribution in [0, 0.1) is 5.41 Å². The van der Waals surface area contributed by atoms with Crippen molar-refractivity contribution < 1.29 is 19.1 Å². The number of thiophene rings is 4. The van der Waals surface area contributed by atoms with Gasteiger partial charge in [-0.1, -0.05) is 170 Å². The van der Waals surface area contributed by atoms with Crippen molar-refractivity contribution in [3.8, 4) is 51.5 Å². The fourth-order valence-electron chi connectivity index (χ4n) is 11.5. The van der Waals surface area contributed by atoms with E-state index in [-0.39, 0.29) is 23.6 Å². The lowest BCUT2D eigenvalue weighted by atomic mass is 9.80. The Labute approximate surface area is 545 Å². The van der Waals surface area contributed by atoms with E-state index in [0.29, 0.717) is 31.7 Å². The number of carbonyl (C=O) groups excluding carboxylic acids is 2. The Morgan fingerprint density at radius 2 is 0.764 bits per heavy atom. The third-order valence-electron chi connectivity index (χ3n) is 16.9. The molecule has 0 atom stereocenters. The first-order valence-electron chi connectivity index (χ1n) is 32.1. The number of esters is 1. The summed E-state index contributed by atoms with van der Waals surface area (Å²) in [6.07, 6.45) is 15.1. The molecule has 0 unspecified atom stereocenters. The summed E-state index contributed by atoms with van der Waals surface area (Å²) in [4.78, 5) is 38.3. The number of Topliss-reactive ketones (excluding diaryl/α,β-unsaturated/α-hetero) is 1. The summed E-state index contributed by atoms with van der Waals surface area (Å²) in [7, 11) is 0. The number of benzene rings is 6. The zero-order chi connectivity index (χ0) is 62.0. The molecule has 10 heteroatoms. The Morgan fingerprint density at radius 3 is 1.18 bits per heavy atom.